The van der Waals surface area contributed by atoms with Crippen LogP contribution in [0.5, 0.6) is 0 Å². The maximum atomic E-state index is 10.7. The number of carbonyl (C=O) groups is 1. The molecule has 0 aromatic carbocycles. The van der Waals surface area contributed by atoms with E-state index >= 15 is 0 Å². The quantitative estimate of drug-likeness (QED) is 0.713. The van der Waals surface area contributed by atoms with E-state index in [9.17, 15) is 9.90 Å². The van der Waals surface area contributed by atoms with Gasteiger partial charge in [-0.2, -0.15) is 0 Å². The van der Waals surface area contributed by atoms with Gasteiger partial charge in [-0.15, -0.1) is 0 Å². The highest BCUT2D eigenvalue weighted by Gasteiger charge is 2.19. The molecule has 6 nitrogen and oxygen atoms in total. The van der Waals surface area contributed by atoms with Crippen molar-refractivity contribution < 1.29 is 9.90 Å². The Hall–Kier alpha value is -1.21. The summed E-state index contributed by atoms with van der Waals surface area (Å²) < 4.78 is 0.637. The predicted octanol–water partition coefficient (Wildman–Crippen LogP) is 0.795. The van der Waals surface area contributed by atoms with Gasteiger partial charge in [0, 0.05) is 11.5 Å². The Kier molecular flexibility index (Phi) is 4.64. The number of rotatable bonds is 4. The molecule has 0 bridgehead atoms. The largest absolute Gasteiger partial charge is 0.381 e. The van der Waals surface area contributed by atoms with Crippen molar-refractivity contribution in [1.82, 2.24) is 9.97 Å². The number of primary amides is 1. The van der Waals surface area contributed by atoms with Crippen LogP contribution in [0.1, 0.15) is 26.6 Å². The molecule has 4 N–H and O–H groups in total. The lowest BCUT2D eigenvalue weighted by atomic mass is 9.96. The molecule has 1 unspecified atom stereocenters. The minimum Gasteiger partial charge on any atom is -0.381 e. The van der Waals surface area contributed by atoms with E-state index in [0.717, 1.165) is 0 Å². The number of aliphatic hydroxyl groups is 1. The Morgan fingerprint density at radius 1 is 1.56 bits per heavy atom. The number of anilines is 1. The van der Waals surface area contributed by atoms with Gasteiger partial charge in [0.15, 0.2) is 0 Å². The van der Waals surface area contributed by atoms with Crippen LogP contribution in [0.4, 0.5) is 5.82 Å². The molecule has 0 aliphatic carbocycles. The smallest absolute Gasteiger partial charge is 0.248 e. The third-order valence-electron chi connectivity index (χ3n) is 2.17. The van der Waals surface area contributed by atoms with Gasteiger partial charge in [0.05, 0.1) is 6.54 Å². The Labute approximate surface area is 114 Å². The number of carbonyl (C=O) groups excluding carboxylic acids is 1. The van der Waals surface area contributed by atoms with Gasteiger partial charge in [-0.25, -0.2) is 9.97 Å². The Bertz CT molecular complexity index is 445. The molecular weight excluding hydrogens is 300 g/mol. The van der Waals surface area contributed by atoms with Crippen LogP contribution < -0.4 is 11.1 Å². The molecule has 7 heteroatoms. The molecule has 0 saturated heterocycles. The third-order valence-corrected chi connectivity index (χ3v) is 2.58. The van der Waals surface area contributed by atoms with Crippen LogP contribution in [0.25, 0.3) is 0 Å². The lowest BCUT2D eigenvalue weighted by Gasteiger charge is -2.18. The summed E-state index contributed by atoms with van der Waals surface area (Å²) in [5.74, 6) is 0.418. The fraction of sp³-hybridized carbons (Fsp3) is 0.545. The second-order valence-corrected chi connectivity index (χ2v) is 5.76. The van der Waals surface area contributed by atoms with E-state index in [4.69, 9.17) is 5.73 Å². The van der Waals surface area contributed by atoms with Gasteiger partial charge in [-0.1, -0.05) is 20.8 Å². The first-order valence-corrected chi connectivity index (χ1v) is 6.26. The van der Waals surface area contributed by atoms with Crippen molar-refractivity contribution in [3.05, 3.63) is 16.5 Å². The van der Waals surface area contributed by atoms with Gasteiger partial charge in [0.25, 0.3) is 0 Å². The number of nitrogens with two attached hydrogens (primary N) is 1. The summed E-state index contributed by atoms with van der Waals surface area (Å²) >= 11 is 3.30. The maximum absolute atomic E-state index is 10.7. The molecule has 0 radical (unpaired) electrons. The summed E-state index contributed by atoms with van der Waals surface area (Å²) in [7, 11) is 0. The molecule has 1 aromatic heterocycles. The minimum atomic E-state index is -1.24. The van der Waals surface area contributed by atoms with Gasteiger partial charge in [-0.3, -0.25) is 4.79 Å². The number of hydrogen-bond donors (Lipinski definition) is 3. The van der Waals surface area contributed by atoms with Crippen molar-refractivity contribution in [2.24, 2.45) is 5.73 Å². The third kappa shape index (κ3) is 4.23. The Morgan fingerprint density at radius 2 is 2.17 bits per heavy atom. The van der Waals surface area contributed by atoms with Crippen molar-refractivity contribution in [2.75, 3.05) is 11.9 Å². The van der Waals surface area contributed by atoms with Gasteiger partial charge in [0.2, 0.25) is 5.91 Å². The van der Waals surface area contributed by atoms with Crippen molar-refractivity contribution in [1.29, 1.82) is 0 Å². The topological polar surface area (TPSA) is 101 Å². The van der Waals surface area contributed by atoms with E-state index in [2.05, 4.69) is 31.2 Å². The molecule has 1 atom stereocenters. The number of nitrogens with zero attached hydrogens (tertiary/aromatic N) is 2. The normalized spacial score (nSPS) is 13.2. The Balaban J connectivity index is 2.84. The summed E-state index contributed by atoms with van der Waals surface area (Å²) in [6.07, 6.45) is -1.24. The predicted molar refractivity (Wildman–Crippen MR) is 72.1 cm³/mol. The molecule has 0 spiro atoms. The highest BCUT2D eigenvalue weighted by molar-refractivity contribution is 9.10. The highest BCUT2D eigenvalue weighted by Crippen LogP contribution is 2.22. The van der Waals surface area contributed by atoms with Crippen molar-refractivity contribution in [3.8, 4) is 0 Å². The Morgan fingerprint density at radius 3 is 2.67 bits per heavy atom. The van der Waals surface area contributed by atoms with E-state index in [0.29, 0.717) is 16.2 Å². The first-order valence-electron chi connectivity index (χ1n) is 5.46. The molecule has 1 heterocycles. The molecule has 1 rings (SSSR count). The summed E-state index contributed by atoms with van der Waals surface area (Å²) in [6, 6.07) is 1.67. The van der Waals surface area contributed by atoms with Crippen LogP contribution in [0.15, 0.2) is 10.7 Å². The number of nitrogens with one attached hydrogen (secondary N) is 1. The molecule has 0 aliphatic rings. The molecule has 0 saturated carbocycles. The van der Waals surface area contributed by atoms with Crippen LogP contribution in [-0.4, -0.2) is 33.6 Å². The first-order chi connectivity index (χ1) is 8.20. The zero-order valence-electron chi connectivity index (χ0n) is 10.6. The average molecular weight is 317 g/mol. The second-order valence-electron chi connectivity index (χ2n) is 4.95. The van der Waals surface area contributed by atoms with E-state index in [-0.39, 0.29) is 12.0 Å². The van der Waals surface area contributed by atoms with Crippen molar-refractivity contribution in [2.45, 2.75) is 32.3 Å². The van der Waals surface area contributed by atoms with Gasteiger partial charge < -0.3 is 16.2 Å². The van der Waals surface area contributed by atoms with Crippen LogP contribution >= 0.6 is 15.9 Å². The standard InChI is InChI=1S/C11H17BrN4O2/c1-11(2,3)10-15-7(12)4-8(16-10)14-5-6(17)9(13)18/h4,6,17H,5H2,1-3H3,(H2,13,18)(H,14,15,16). The van der Waals surface area contributed by atoms with Gasteiger partial charge in [-0.05, 0) is 15.9 Å². The monoisotopic (exact) mass is 316 g/mol. The molecule has 0 fully saturated rings. The number of aliphatic hydroxyl groups excluding tert-OH is 1. The minimum absolute atomic E-state index is 0.0162. The SMILES string of the molecule is CC(C)(C)c1nc(Br)cc(NCC(O)C(N)=O)n1. The zero-order chi connectivity index (χ0) is 13.9. The molecule has 1 aromatic rings. The van der Waals surface area contributed by atoms with Crippen molar-refractivity contribution >= 4 is 27.7 Å². The van der Waals surface area contributed by atoms with Crippen LogP contribution in [0.2, 0.25) is 0 Å². The lowest BCUT2D eigenvalue weighted by Crippen LogP contribution is -2.34. The summed E-state index contributed by atoms with van der Waals surface area (Å²) in [4.78, 5) is 19.3. The summed E-state index contributed by atoms with van der Waals surface area (Å²) in [5, 5.41) is 12.1. The van der Waals surface area contributed by atoms with E-state index < -0.39 is 12.0 Å². The van der Waals surface area contributed by atoms with E-state index in [1.54, 1.807) is 6.07 Å². The van der Waals surface area contributed by atoms with Gasteiger partial charge in [0.1, 0.15) is 22.3 Å². The fourth-order valence-corrected chi connectivity index (χ4v) is 1.53. The second kappa shape index (κ2) is 5.62. The zero-order valence-corrected chi connectivity index (χ0v) is 12.2. The number of aromatic nitrogens is 2. The lowest BCUT2D eigenvalue weighted by molar-refractivity contribution is -0.125. The summed E-state index contributed by atoms with van der Waals surface area (Å²) in [6.45, 7) is 6.01. The van der Waals surface area contributed by atoms with E-state index in [1.807, 2.05) is 20.8 Å². The van der Waals surface area contributed by atoms with E-state index in [1.165, 1.54) is 0 Å². The molecule has 0 aliphatic heterocycles. The molecular formula is C11H17BrN4O2. The van der Waals surface area contributed by atoms with Crippen LogP contribution in [-0.2, 0) is 10.2 Å². The summed E-state index contributed by atoms with van der Waals surface area (Å²) in [5.41, 5.74) is 4.77. The maximum Gasteiger partial charge on any atom is 0.248 e. The van der Waals surface area contributed by atoms with Gasteiger partial charge >= 0.3 is 0 Å². The first kappa shape index (κ1) is 14.8. The fourth-order valence-electron chi connectivity index (χ4n) is 1.15. The number of hydrogen-bond acceptors (Lipinski definition) is 5. The molecule has 1 amide bonds. The highest BCUT2D eigenvalue weighted by atomic mass is 79.9. The average Bonchev–Trinajstić information content (AvgIpc) is 2.23. The molecule has 18 heavy (non-hydrogen) atoms. The van der Waals surface area contributed by atoms with Crippen LogP contribution in [0.3, 0.4) is 0 Å². The number of amides is 1. The number of halogens is 1. The van der Waals surface area contributed by atoms with Crippen molar-refractivity contribution in [3.63, 3.8) is 0 Å². The van der Waals surface area contributed by atoms with Crippen LogP contribution in [0, 0.1) is 0 Å². The molecule has 100 valence electrons.